The van der Waals surface area contributed by atoms with Gasteiger partial charge in [-0.2, -0.15) is 12.6 Å². The molecule has 1 nitrogen and oxygen atoms in total. The summed E-state index contributed by atoms with van der Waals surface area (Å²) in [5.41, 5.74) is 0.584. The second-order valence-corrected chi connectivity index (χ2v) is 5.68. The van der Waals surface area contributed by atoms with Gasteiger partial charge in [0, 0.05) is 12.6 Å². The van der Waals surface area contributed by atoms with E-state index in [0.29, 0.717) is 5.41 Å². The third-order valence-corrected chi connectivity index (χ3v) is 4.95. The third kappa shape index (κ3) is 2.11. The minimum Gasteiger partial charge on any atom is -0.303 e. The molecule has 2 aliphatic carbocycles. The van der Waals surface area contributed by atoms with Gasteiger partial charge in [-0.05, 0) is 43.9 Å². The van der Waals surface area contributed by atoms with Gasteiger partial charge >= 0.3 is 0 Å². The Morgan fingerprint density at radius 3 is 2.29 bits per heavy atom. The summed E-state index contributed by atoms with van der Waals surface area (Å²) in [5, 5.41) is 0. The monoisotopic (exact) mass is 213 g/mol. The lowest BCUT2D eigenvalue weighted by Crippen LogP contribution is -2.45. The fourth-order valence-electron chi connectivity index (χ4n) is 3.05. The molecule has 14 heavy (non-hydrogen) atoms. The number of thiol groups is 1. The molecule has 2 saturated carbocycles. The molecule has 0 aliphatic heterocycles. The van der Waals surface area contributed by atoms with Crippen molar-refractivity contribution in [2.45, 2.75) is 51.0 Å². The molecule has 0 aromatic rings. The number of nitrogens with zero attached hydrogens (tertiary/aromatic N) is 1. The van der Waals surface area contributed by atoms with Crippen LogP contribution in [0.25, 0.3) is 0 Å². The average molecular weight is 213 g/mol. The van der Waals surface area contributed by atoms with Crippen LogP contribution in [0.5, 0.6) is 0 Å². The second-order valence-electron chi connectivity index (χ2n) is 5.37. The summed E-state index contributed by atoms with van der Waals surface area (Å²) in [5.74, 6) is 1.09. The lowest BCUT2D eigenvalue weighted by Gasteiger charge is -2.44. The maximum absolute atomic E-state index is 4.52. The molecule has 0 amide bonds. The first kappa shape index (κ1) is 10.8. The summed E-state index contributed by atoms with van der Waals surface area (Å²) < 4.78 is 0. The van der Waals surface area contributed by atoms with Crippen LogP contribution in [0.3, 0.4) is 0 Å². The highest BCUT2D eigenvalue weighted by atomic mass is 32.1. The quantitative estimate of drug-likeness (QED) is 0.703. The van der Waals surface area contributed by atoms with E-state index in [1.54, 1.807) is 0 Å². The van der Waals surface area contributed by atoms with Crippen molar-refractivity contribution in [3.05, 3.63) is 0 Å². The van der Waals surface area contributed by atoms with Crippen molar-refractivity contribution < 1.29 is 0 Å². The predicted molar refractivity (Wildman–Crippen MR) is 65.0 cm³/mol. The molecular formula is C12H23NS. The molecule has 0 saturated heterocycles. The van der Waals surface area contributed by atoms with Gasteiger partial charge in [-0.15, -0.1) is 0 Å². The Balaban J connectivity index is 1.83. The average Bonchev–Trinajstić information content (AvgIpc) is 2.63. The first-order chi connectivity index (χ1) is 6.76. The summed E-state index contributed by atoms with van der Waals surface area (Å²) in [6, 6.07) is 0.882. The SMILES string of the molecule is CN(CC1(CS)CCC1)C1CCCC1. The normalized spacial score (nSPS) is 26.8. The van der Waals surface area contributed by atoms with Gasteiger partial charge in [0.1, 0.15) is 0 Å². The van der Waals surface area contributed by atoms with Gasteiger partial charge in [-0.25, -0.2) is 0 Å². The van der Waals surface area contributed by atoms with Crippen molar-refractivity contribution in [3.63, 3.8) is 0 Å². The van der Waals surface area contributed by atoms with Gasteiger partial charge in [0.2, 0.25) is 0 Å². The highest BCUT2D eigenvalue weighted by molar-refractivity contribution is 7.80. The van der Waals surface area contributed by atoms with Crippen LogP contribution in [0.15, 0.2) is 0 Å². The lowest BCUT2D eigenvalue weighted by molar-refractivity contribution is 0.0827. The minimum atomic E-state index is 0.584. The highest BCUT2D eigenvalue weighted by Crippen LogP contribution is 2.43. The molecule has 2 fully saturated rings. The molecule has 0 aromatic carbocycles. The molecule has 0 unspecified atom stereocenters. The van der Waals surface area contributed by atoms with E-state index in [1.165, 1.54) is 51.5 Å². The smallest absolute Gasteiger partial charge is 0.00924 e. The zero-order valence-corrected chi connectivity index (χ0v) is 10.2. The zero-order valence-electron chi connectivity index (χ0n) is 9.34. The van der Waals surface area contributed by atoms with E-state index in [1.807, 2.05) is 0 Å². The Kier molecular flexibility index (Phi) is 3.43. The highest BCUT2D eigenvalue weighted by Gasteiger charge is 2.37. The first-order valence-corrected chi connectivity index (χ1v) is 6.70. The predicted octanol–water partition coefficient (Wildman–Crippen LogP) is 2.96. The first-order valence-electron chi connectivity index (χ1n) is 6.07. The van der Waals surface area contributed by atoms with Crippen LogP contribution in [0.2, 0.25) is 0 Å². The molecule has 0 atom stereocenters. The van der Waals surface area contributed by atoms with Crippen molar-refractivity contribution >= 4 is 12.6 Å². The van der Waals surface area contributed by atoms with Crippen molar-refractivity contribution in [2.75, 3.05) is 19.3 Å². The molecule has 0 aromatic heterocycles. The van der Waals surface area contributed by atoms with E-state index in [4.69, 9.17) is 0 Å². The largest absolute Gasteiger partial charge is 0.303 e. The Bertz CT molecular complexity index is 177. The molecule has 0 heterocycles. The Morgan fingerprint density at radius 2 is 1.86 bits per heavy atom. The van der Waals surface area contributed by atoms with Crippen LogP contribution in [-0.2, 0) is 0 Å². The van der Waals surface area contributed by atoms with Crippen molar-refractivity contribution in [2.24, 2.45) is 5.41 Å². The van der Waals surface area contributed by atoms with Crippen LogP contribution < -0.4 is 0 Å². The van der Waals surface area contributed by atoms with Crippen LogP contribution in [-0.4, -0.2) is 30.3 Å². The summed E-state index contributed by atoms with van der Waals surface area (Å²) in [4.78, 5) is 2.61. The van der Waals surface area contributed by atoms with Crippen LogP contribution >= 0.6 is 12.6 Å². The number of hydrogen-bond donors (Lipinski definition) is 1. The Hall–Kier alpha value is 0.310. The van der Waals surface area contributed by atoms with E-state index in [-0.39, 0.29) is 0 Å². The summed E-state index contributed by atoms with van der Waals surface area (Å²) in [6.45, 7) is 1.29. The molecule has 2 aliphatic rings. The number of hydrogen-bond acceptors (Lipinski definition) is 2. The molecule has 2 rings (SSSR count). The standard InChI is InChI=1S/C12H23NS/c1-13(11-5-2-3-6-11)9-12(10-14)7-4-8-12/h11,14H,2-10H2,1H3. The second kappa shape index (κ2) is 4.44. The zero-order chi connectivity index (χ0) is 10.0. The van der Waals surface area contributed by atoms with E-state index in [0.717, 1.165) is 11.8 Å². The van der Waals surface area contributed by atoms with Crippen molar-refractivity contribution in [3.8, 4) is 0 Å². The topological polar surface area (TPSA) is 3.24 Å². The summed E-state index contributed by atoms with van der Waals surface area (Å²) >= 11 is 4.52. The molecule has 0 radical (unpaired) electrons. The van der Waals surface area contributed by atoms with Gasteiger partial charge in [0.25, 0.3) is 0 Å². The maximum atomic E-state index is 4.52. The Morgan fingerprint density at radius 1 is 1.21 bits per heavy atom. The maximum Gasteiger partial charge on any atom is 0.00924 e. The molecular weight excluding hydrogens is 190 g/mol. The minimum absolute atomic E-state index is 0.584. The van der Waals surface area contributed by atoms with Crippen LogP contribution in [0.1, 0.15) is 44.9 Å². The van der Waals surface area contributed by atoms with Gasteiger partial charge in [-0.1, -0.05) is 19.3 Å². The fourth-order valence-corrected chi connectivity index (χ4v) is 3.46. The Labute approximate surface area is 93.7 Å². The van der Waals surface area contributed by atoms with Crippen LogP contribution in [0, 0.1) is 5.41 Å². The number of rotatable bonds is 4. The molecule has 0 spiro atoms. The van der Waals surface area contributed by atoms with Gasteiger partial charge in [0.15, 0.2) is 0 Å². The fraction of sp³-hybridized carbons (Fsp3) is 1.00. The molecule has 2 heteroatoms. The van der Waals surface area contributed by atoms with E-state index in [2.05, 4.69) is 24.6 Å². The van der Waals surface area contributed by atoms with E-state index >= 15 is 0 Å². The van der Waals surface area contributed by atoms with E-state index in [9.17, 15) is 0 Å². The lowest BCUT2D eigenvalue weighted by atomic mass is 9.70. The molecule has 82 valence electrons. The van der Waals surface area contributed by atoms with Gasteiger partial charge < -0.3 is 4.90 Å². The molecule has 0 bridgehead atoms. The third-order valence-electron chi connectivity index (χ3n) is 4.28. The van der Waals surface area contributed by atoms with Crippen molar-refractivity contribution in [1.82, 2.24) is 4.90 Å². The van der Waals surface area contributed by atoms with Gasteiger partial charge in [0.05, 0.1) is 0 Å². The van der Waals surface area contributed by atoms with Crippen molar-refractivity contribution in [1.29, 1.82) is 0 Å². The summed E-state index contributed by atoms with van der Waals surface area (Å²) in [7, 11) is 2.32. The molecule has 0 N–H and O–H groups in total. The van der Waals surface area contributed by atoms with E-state index < -0.39 is 0 Å². The van der Waals surface area contributed by atoms with Gasteiger partial charge in [-0.3, -0.25) is 0 Å². The van der Waals surface area contributed by atoms with Crippen LogP contribution in [0.4, 0.5) is 0 Å². The summed E-state index contributed by atoms with van der Waals surface area (Å²) in [6.07, 6.45) is 10.0.